The average molecular weight is 496 g/mol. The number of halogens is 1. The van der Waals surface area contributed by atoms with E-state index in [1.54, 1.807) is 6.92 Å². The molecule has 0 radical (unpaired) electrons. The van der Waals surface area contributed by atoms with Crippen molar-refractivity contribution in [1.29, 1.82) is 0 Å². The Morgan fingerprint density at radius 3 is 2.61 bits per heavy atom. The summed E-state index contributed by atoms with van der Waals surface area (Å²) in [6, 6.07) is 12.2. The van der Waals surface area contributed by atoms with Gasteiger partial charge in [0.15, 0.2) is 5.96 Å². The minimum absolute atomic E-state index is 0. The summed E-state index contributed by atoms with van der Waals surface area (Å²) in [6.45, 7) is 9.13. The fraction of sp³-hybridized carbons (Fsp3) is 0.381. The Morgan fingerprint density at radius 1 is 1.21 bits per heavy atom. The second-order valence-electron chi connectivity index (χ2n) is 7.03. The van der Waals surface area contributed by atoms with Gasteiger partial charge in [-0.3, -0.25) is 0 Å². The van der Waals surface area contributed by atoms with Gasteiger partial charge in [0.05, 0.1) is 13.1 Å². The fourth-order valence-electron chi connectivity index (χ4n) is 3.24. The summed E-state index contributed by atoms with van der Waals surface area (Å²) in [5.74, 6) is 2.19. The number of H-pyrrole nitrogens is 1. The molecule has 0 aliphatic rings. The number of nitrogens with one attached hydrogen (secondary N) is 3. The van der Waals surface area contributed by atoms with Crippen molar-refractivity contribution in [3.8, 4) is 0 Å². The van der Waals surface area contributed by atoms with Gasteiger partial charge in [0.25, 0.3) is 0 Å². The number of rotatable bonds is 6. The molecule has 7 heteroatoms. The van der Waals surface area contributed by atoms with E-state index in [1.807, 2.05) is 39.0 Å². The maximum absolute atomic E-state index is 10.9. The number of fused-ring (bicyclic) bond motifs is 1. The van der Waals surface area contributed by atoms with E-state index in [4.69, 9.17) is 4.42 Å². The van der Waals surface area contributed by atoms with E-state index in [1.165, 1.54) is 5.39 Å². The topological polar surface area (TPSA) is 85.6 Å². The molecule has 6 nitrogen and oxygen atoms in total. The fourth-order valence-corrected chi connectivity index (χ4v) is 3.24. The quantitative estimate of drug-likeness (QED) is 0.237. The van der Waals surface area contributed by atoms with Crippen molar-refractivity contribution in [2.45, 2.75) is 39.8 Å². The largest absolute Gasteiger partial charge is 0.466 e. The molecule has 2 aromatic heterocycles. The summed E-state index contributed by atoms with van der Waals surface area (Å²) < 4.78 is 5.55. The number of aliphatic imine (C=N–C) groups is 1. The highest BCUT2D eigenvalue weighted by Crippen LogP contribution is 2.26. The monoisotopic (exact) mass is 496 g/mol. The van der Waals surface area contributed by atoms with E-state index in [0.29, 0.717) is 19.0 Å². The number of hydrogen-bond donors (Lipinski definition) is 4. The van der Waals surface area contributed by atoms with Crippen molar-refractivity contribution >= 4 is 40.8 Å². The summed E-state index contributed by atoms with van der Waals surface area (Å²) >= 11 is 0. The van der Waals surface area contributed by atoms with Gasteiger partial charge >= 0.3 is 0 Å². The van der Waals surface area contributed by atoms with Crippen LogP contribution in [-0.4, -0.2) is 29.1 Å². The molecule has 0 saturated heterocycles. The predicted molar refractivity (Wildman–Crippen MR) is 124 cm³/mol. The molecular weight excluding hydrogens is 467 g/mol. The lowest BCUT2D eigenvalue weighted by molar-refractivity contribution is 0.0601. The SMILES string of the molecule is CCNC(=NCc1cc2ccccc2[nH]1)NCC(C)(O)c1cc(C)oc1C.I. The van der Waals surface area contributed by atoms with Crippen LogP contribution in [-0.2, 0) is 12.1 Å². The summed E-state index contributed by atoms with van der Waals surface area (Å²) in [4.78, 5) is 8.01. The maximum Gasteiger partial charge on any atom is 0.191 e. The molecule has 1 atom stereocenters. The van der Waals surface area contributed by atoms with Crippen LogP contribution in [0.15, 0.2) is 45.8 Å². The molecule has 0 fully saturated rings. The number of para-hydroxylation sites is 1. The van der Waals surface area contributed by atoms with Gasteiger partial charge in [-0.25, -0.2) is 4.99 Å². The Morgan fingerprint density at radius 2 is 1.96 bits per heavy atom. The van der Waals surface area contributed by atoms with E-state index < -0.39 is 5.60 Å². The number of aryl methyl sites for hydroxylation is 2. The third-order valence-electron chi connectivity index (χ3n) is 4.56. The normalized spacial score (nSPS) is 13.8. The van der Waals surface area contributed by atoms with E-state index in [2.05, 4.69) is 38.8 Å². The van der Waals surface area contributed by atoms with E-state index in [9.17, 15) is 5.11 Å². The molecule has 1 aromatic carbocycles. The number of aromatic amines is 1. The Balaban J connectivity index is 0.00000280. The molecule has 152 valence electrons. The molecule has 0 spiro atoms. The highest BCUT2D eigenvalue weighted by molar-refractivity contribution is 14.0. The molecule has 28 heavy (non-hydrogen) atoms. The number of hydrogen-bond acceptors (Lipinski definition) is 3. The van der Waals surface area contributed by atoms with Gasteiger partial charge in [-0.1, -0.05) is 18.2 Å². The minimum atomic E-state index is -1.06. The minimum Gasteiger partial charge on any atom is -0.466 e. The van der Waals surface area contributed by atoms with Crippen LogP contribution in [0.2, 0.25) is 0 Å². The third kappa shape index (κ3) is 5.29. The van der Waals surface area contributed by atoms with Gasteiger partial charge < -0.3 is 25.1 Å². The highest BCUT2D eigenvalue weighted by atomic mass is 127. The molecule has 3 rings (SSSR count). The molecule has 4 N–H and O–H groups in total. The number of aromatic nitrogens is 1. The number of benzene rings is 1. The maximum atomic E-state index is 10.9. The number of guanidine groups is 1. The molecule has 0 aliphatic heterocycles. The lowest BCUT2D eigenvalue weighted by atomic mass is 9.96. The van der Waals surface area contributed by atoms with Gasteiger partial charge in [-0.2, -0.15) is 0 Å². The Labute approximate surface area is 182 Å². The van der Waals surface area contributed by atoms with Crippen LogP contribution >= 0.6 is 24.0 Å². The Hall–Kier alpha value is -2.00. The summed E-state index contributed by atoms with van der Waals surface area (Å²) in [6.07, 6.45) is 0. The first kappa shape index (κ1) is 22.3. The molecule has 2 heterocycles. The van der Waals surface area contributed by atoms with Crippen LogP contribution in [0.4, 0.5) is 0 Å². The van der Waals surface area contributed by atoms with Crippen LogP contribution in [0, 0.1) is 13.8 Å². The molecular formula is C21H29IN4O2. The van der Waals surface area contributed by atoms with Crippen molar-refractivity contribution in [2.75, 3.05) is 13.1 Å². The molecule has 1 unspecified atom stereocenters. The van der Waals surface area contributed by atoms with Crippen LogP contribution in [0.3, 0.4) is 0 Å². The zero-order valence-corrected chi connectivity index (χ0v) is 19.1. The standard InChI is InChI=1S/C21H28N4O2.HI/c1-5-22-20(23-12-17-11-16-8-6-7-9-19(16)25-17)24-13-21(4,26)18-10-14(2)27-15(18)3;/h6-11,25-26H,5,12-13H2,1-4H3,(H2,22,23,24);1H. The van der Waals surface area contributed by atoms with Crippen molar-refractivity contribution in [3.63, 3.8) is 0 Å². The first-order chi connectivity index (χ1) is 12.9. The van der Waals surface area contributed by atoms with E-state index in [0.717, 1.165) is 34.8 Å². The third-order valence-corrected chi connectivity index (χ3v) is 4.56. The van der Waals surface area contributed by atoms with Gasteiger partial charge in [0.1, 0.15) is 17.1 Å². The van der Waals surface area contributed by atoms with Gasteiger partial charge in [-0.15, -0.1) is 24.0 Å². The predicted octanol–water partition coefficient (Wildman–Crippen LogP) is 3.96. The van der Waals surface area contributed by atoms with Gasteiger partial charge in [0.2, 0.25) is 0 Å². The number of aliphatic hydroxyl groups is 1. The second-order valence-corrected chi connectivity index (χ2v) is 7.03. The summed E-state index contributed by atoms with van der Waals surface area (Å²) in [7, 11) is 0. The Bertz CT molecular complexity index is 910. The molecule has 0 saturated carbocycles. The number of furan rings is 1. The van der Waals surface area contributed by atoms with E-state index >= 15 is 0 Å². The molecule has 0 aliphatic carbocycles. The van der Waals surface area contributed by atoms with Crippen LogP contribution < -0.4 is 10.6 Å². The zero-order chi connectivity index (χ0) is 19.4. The lowest BCUT2D eigenvalue weighted by Crippen LogP contribution is -2.44. The Kier molecular flexibility index (Phi) is 7.54. The zero-order valence-electron chi connectivity index (χ0n) is 16.8. The van der Waals surface area contributed by atoms with Gasteiger partial charge in [-0.05, 0) is 51.3 Å². The molecule has 0 amide bonds. The number of nitrogens with zero attached hydrogens (tertiary/aromatic N) is 1. The molecule has 0 bridgehead atoms. The van der Waals surface area contributed by atoms with Gasteiger partial charge in [0, 0.05) is 23.3 Å². The van der Waals surface area contributed by atoms with Crippen LogP contribution in [0.1, 0.15) is 36.6 Å². The van der Waals surface area contributed by atoms with Crippen molar-refractivity contribution in [2.24, 2.45) is 4.99 Å². The second kappa shape index (κ2) is 9.47. The average Bonchev–Trinajstić information content (AvgIpc) is 3.19. The first-order valence-electron chi connectivity index (χ1n) is 9.28. The summed E-state index contributed by atoms with van der Waals surface area (Å²) in [5.41, 5.74) is 1.88. The van der Waals surface area contributed by atoms with Crippen molar-refractivity contribution in [3.05, 3.63) is 59.2 Å². The van der Waals surface area contributed by atoms with Crippen LogP contribution in [0.5, 0.6) is 0 Å². The smallest absolute Gasteiger partial charge is 0.191 e. The van der Waals surface area contributed by atoms with Crippen molar-refractivity contribution < 1.29 is 9.52 Å². The summed E-state index contributed by atoms with van der Waals surface area (Å²) in [5, 5.41) is 18.5. The highest BCUT2D eigenvalue weighted by Gasteiger charge is 2.27. The first-order valence-corrected chi connectivity index (χ1v) is 9.28. The van der Waals surface area contributed by atoms with Crippen molar-refractivity contribution in [1.82, 2.24) is 15.6 Å². The van der Waals surface area contributed by atoms with E-state index in [-0.39, 0.29) is 24.0 Å². The lowest BCUT2D eigenvalue weighted by Gasteiger charge is -2.24. The van der Waals surface area contributed by atoms with Crippen LogP contribution in [0.25, 0.3) is 10.9 Å². The molecule has 3 aromatic rings.